The number of amides is 1. The minimum absolute atomic E-state index is 0.0547. The lowest BCUT2D eigenvalue weighted by Gasteiger charge is -2.38. The van der Waals surface area contributed by atoms with Crippen LogP contribution in [0.1, 0.15) is 49.4 Å². The summed E-state index contributed by atoms with van der Waals surface area (Å²) in [5.74, 6) is 0.210. The van der Waals surface area contributed by atoms with Crippen LogP contribution in [0.15, 0.2) is 24.3 Å². The van der Waals surface area contributed by atoms with E-state index < -0.39 is 0 Å². The largest absolute Gasteiger partial charge is 0.508 e. The number of fused-ring (bicyclic) bond motifs is 2. The van der Waals surface area contributed by atoms with E-state index in [9.17, 15) is 9.90 Å². The van der Waals surface area contributed by atoms with E-state index in [0.717, 1.165) is 25.8 Å². The molecule has 2 aliphatic heterocycles. The molecule has 2 N–H and O–H groups in total. The Labute approximate surface area is 126 Å². The molecule has 3 rings (SSSR count). The molecular formula is C17H24N2O2. The van der Waals surface area contributed by atoms with Gasteiger partial charge in [-0.3, -0.25) is 4.79 Å². The number of hydrogen-bond donors (Lipinski definition) is 2. The fourth-order valence-electron chi connectivity index (χ4n) is 3.78. The van der Waals surface area contributed by atoms with Crippen LogP contribution in [0.3, 0.4) is 0 Å². The zero-order valence-corrected chi connectivity index (χ0v) is 12.6. The van der Waals surface area contributed by atoms with E-state index in [1.165, 1.54) is 12.8 Å². The van der Waals surface area contributed by atoms with Crippen molar-refractivity contribution in [3.05, 3.63) is 29.8 Å². The summed E-state index contributed by atoms with van der Waals surface area (Å²) in [7, 11) is 0. The first kappa shape index (κ1) is 14.4. The Balaban J connectivity index is 1.79. The number of rotatable bonds is 4. The molecule has 0 aliphatic carbocycles. The second-order valence-electron chi connectivity index (χ2n) is 6.31. The molecule has 2 atom stereocenters. The number of benzene rings is 1. The summed E-state index contributed by atoms with van der Waals surface area (Å²) in [5.41, 5.74) is 0.592. The van der Waals surface area contributed by atoms with E-state index in [1.807, 2.05) is 4.90 Å². The van der Waals surface area contributed by atoms with E-state index in [1.54, 1.807) is 24.3 Å². The fourth-order valence-corrected chi connectivity index (χ4v) is 3.78. The lowest BCUT2D eigenvalue weighted by molar-refractivity contribution is 0.0616. The molecule has 21 heavy (non-hydrogen) atoms. The SMILES string of the molecule is CCCN(C(=O)c1cccc(O)c1)C1CC2CCC(C1)N2. The van der Waals surface area contributed by atoms with Gasteiger partial charge in [0.15, 0.2) is 0 Å². The maximum atomic E-state index is 12.8. The average molecular weight is 288 g/mol. The number of phenolic OH excluding ortho intramolecular Hbond substituents is 1. The molecule has 1 amide bonds. The van der Waals surface area contributed by atoms with Crippen LogP contribution >= 0.6 is 0 Å². The quantitative estimate of drug-likeness (QED) is 0.895. The molecule has 0 saturated carbocycles. The minimum atomic E-state index is 0.0547. The number of aromatic hydroxyl groups is 1. The molecule has 4 heteroatoms. The molecular weight excluding hydrogens is 264 g/mol. The van der Waals surface area contributed by atoms with Crippen molar-refractivity contribution in [2.45, 2.75) is 57.2 Å². The van der Waals surface area contributed by atoms with Gasteiger partial charge >= 0.3 is 0 Å². The van der Waals surface area contributed by atoms with Crippen molar-refractivity contribution in [3.8, 4) is 5.75 Å². The Morgan fingerprint density at radius 1 is 1.33 bits per heavy atom. The minimum Gasteiger partial charge on any atom is -0.508 e. The summed E-state index contributed by atoms with van der Waals surface area (Å²) < 4.78 is 0. The molecule has 114 valence electrons. The first-order valence-corrected chi connectivity index (χ1v) is 8.03. The normalized spacial score (nSPS) is 27.6. The first-order chi connectivity index (χ1) is 10.2. The van der Waals surface area contributed by atoms with Crippen molar-refractivity contribution in [2.75, 3.05) is 6.54 Å². The highest BCUT2D eigenvalue weighted by molar-refractivity contribution is 5.94. The maximum absolute atomic E-state index is 12.8. The van der Waals surface area contributed by atoms with Gasteiger partial charge in [-0.1, -0.05) is 13.0 Å². The van der Waals surface area contributed by atoms with Crippen molar-refractivity contribution >= 4 is 5.91 Å². The van der Waals surface area contributed by atoms with Crippen LogP contribution in [0.5, 0.6) is 5.75 Å². The lowest BCUT2D eigenvalue weighted by Crippen LogP contribution is -2.50. The molecule has 4 nitrogen and oxygen atoms in total. The average Bonchev–Trinajstić information content (AvgIpc) is 2.82. The number of hydrogen-bond acceptors (Lipinski definition) is 3. The van der Waals surface area contributed by atoms with Gasteiger partial charge in [0.05, 0.1) is 0 Å². The van der Waals surface area contributed by atoms with E-state index >= 15 is 0 Å². The second kappa shape index (κ2) is 6.06. The number of piperidine rings is 1. The number of carbonyl (C=O) groups is 1. The predicted molar refractivity (Wildman–Crippen MR) is 82.4 cm³/mol. The molecule has 0 aromatic heterocycles. The van der Waals surface area contributed by atoms with E-state index in [2.05, 4.69) is 12.2 Å². The van der Waals surface area contributed by atoms with Crippen LogP contribution < -0.4 is 5.32 Å². The fraction of sp³-hybridized carbons (Fsp3) is 0.588. The second-order valence-corrected chi connectivity index (χ2v) is 6.31. The summed E-state index contributed by atoms with van der Waals surface area (Å²) >= 11 is 0. The number of nitrogens with zero attached hydrogens (tertiary/aromatic N) is 1. The highest BCUT2D eigenvalue weighted by atomic mass is 16.3. The summed E-state index contributed by atoms with van der Waals surface area (Å²) in [6, 6.07) is 8.18. The van der Waals surface area contributed by atoms with Crippen molar-refractivity contribution in [1.82, 2.24) is 10.2 Å². The van der Waals surface area contributed by atoms with Crippen LogP contribution in [-0.4, -0.2) is 40.6 Å². The zero-order valence-electron chi connectivity index (χ0n) is 12.6. The van der Waals surface area contributed by atoms with Crippen LogP contribution in [0.2, 0.25) is 0 Å². The summed E-state index contributed by atoms with van der Waals surface area (Å²) in [5, 5.41) is 13.2. The van der Waals surface area contributed by atoms with E-state index in [-0.39, 0.29) is 11.7 Å². The standard InChI is InChI=1S/C17H24N2O2/c1-2-8-19(15-10-13-6-7-14(11-15)18-13)17(21)12-4-3-5-16(20)9-12/h3-5,9,13-15,18,20H,2,6-8,10-11H2,1H3. The highest BCUT2D eigenvalue weighted by Gasteiger charge is 2.37. The zero-order chi connectivity index (χ0) is 14.8. The third-order valence-corrected chi connectivity index (χ3v) is 4.71. The van der Waals surface area contributed by atoms with Gasteiger partial charge in [-0.05, 0) is 50.3 Å². The number of phenols is 1. The van der Waals surface area contributed by atoms with Gasteiger partial charge in [0.2, 0.25) is 0 Å². The van der Waals surface area contributed by atoms with Crippen LogP contribution in [0, 0.1) is 0 Å². The molecule has 2 bridgehead atoms. The first-order valence-electron chi connectivity index (χ1n) is 8.03. The van der Waals surface area contributed by atoms with Gasteiger partial charge in [-0.15, -0.1) is 0 Å². The molecule has 2 aliphatic rings. The van der Waals surface area contributed by atoms with Crippen LogP contribution in [-0.2, 0) is 0 Å². The molecule has 0 spiro atoms. The molecule has 2 saturated heterocycles. The number of nitrogens with one attached hydrogen (secondary N) is 1. The van der Waals surface area contributed by atoms with Crippen molar-refractivity contribution in [3.63, 3.8) is 0 Å². The monoisotopic (exact) mass is 288 g/mol. The van der Waals surface area contributed by atoms with E-state index in [4.69, 9.17) is 0 Å². The van der Waals surface area contributed by atoms with Gasteiger partial charge in [-0.25, -0.2) is 0 Å². The van der Waals surface area contributed by atoms with Crippen molar-refractivity contribution in [1.29, 1.82) is 0 Å². The van der Waals surface area contributed by atoms with Crippen LogP contribution in [0.4, 0.5) is 0 Å². The summed E-state index contributed by atoms with van der Waals surface area (Å²) in [6.45, 7) is 2.90. The highest BCUT2D eigenvalue weighted by Crippen LogP contribution is 2.30. The Kier molecular flexibility index (Phi) is 4.15. The third-order valence-electron chi connectivity index (χ3n) is 4.71. The number of carbonyl (C=O) groups excluding carboxylic acids is 1. The molecule has 2 unspecified atom stereocenters. The molecule has 2 fully saturated rings. The van der Waals surface area contributed by atoms with Gasteiger partial charge in [0, 0.05) is 30.2 Å². The Bertz CT molecular complexity index is 505. The van der Waals surface area contributed by atoms with Gasteiger partial charge in [0.25, 0.3) is 5.91 Å². The van der Waals surface area contributed by atoms with Gasteiger partial charge in [0.1, 0.15) is 5.75 Å². The van der Waals surface area contributed by atoms with Gasteiger partial charge in [-0.2, -0.15) is 0 Å². The maximum Gasteiger partial charge on any atom is 0.254 e. The van der Waals surface area contributed by atoms with Crippen LogP contribution in [0.25, 0.3) is 0 Å². The Hall–Kier alpha value is -1.55. The summed E-state index contributed by atoms with van der Waals surface area (Å²) in [6.07, 6.45) is 5.55. The van der Waals surface area contributed by atoms with Gasteiger partial charge < -0.3 is 15.3 Å². The molecule has 1 aromatic rings. The predicted octanol–water partition coefficient (Wildman–Crippen LogP) is 2.53. The molecule has 0 radical (unpaired) electrons. The Morgan fingerprint density at radius 2 is 2.05 bits per heavy atom. The molecule has 1 aromatic carbocycles. The lowest BCUT2D eigenvalue weighted by atomic mass is 9.97. The smallest absolute Gasteiger partial charge is 0.254 e. The molecule has 2 heterocycles. The third kappa shape index (κ3) is 3.05. The Morgan fingerprint density at radius 3 is 2.67 bits per heavy atom. The topological polar surface area (TPSA) is 52.6 Å². The van der Waals surface area contributed by atoms with Crippen molar-refractivity contribution < 1.29 is 9.90 Å². The van der Waals surface area contributed by atoms with Crippen molar-refractivity contribution in [2.24, 2.45) is 0 Å². The summed E-state index contributed by atoms with van der Waals surface area (Å²) in [4.78, 5) is 14.8. The van der Waals surface area contributed by atoms with E-state index in [0.29, 0.717) is 23.7 Å².